The fraction of sp³-hybridized carbons (Fsp3) is 0.148. The number of sulfonamides is 1. The first-order chi connectivity index (χ1) is 16.8. The molecule has 4 rings (SSSR count). The van der Waals surface area contributed by atoms with Gasteiger partial charge in [0.05, 0.1) is 30.5 Å². The summed E-state index contributed by atoms with van der Waals surface area (Å²) in [5.74, 6) is 1.72. The number of rotatable bonds is 9. The molecule has 8 heteroatoms. The molecular weight excluding hydrogens is 484 g/mol. The van der Waals surface area contributed by atoms with Crippen LogP contribution in [0.2, 0.25) is 5.02 Å². The van der Waals surface area contributed by atoms with E-state index in [9.17, 15) is 8.42 Å². The molecule has 0 unspecified atom stereocenters. The van der Waals surface area contributed by atoms with Crippen LogP contribution < -0.4 is 4.74 Å². The molecule has 0 fully saturated rings. The quantitative estimate of drug-likeness (QED) is 0.245. The number of hydrogen-bond acceptors (Lipinski definition) is 5. The molecule has 0 aliphatic rings. The number of furan rings is 1. The van der Waals surface area contributed by atoms with Gasteiger partial charge in [0, 0.05) is 17.6 Å². The van der Waals surface area contributed by atoms with Crippen molar-refractivity contribution in [2.75, 3.05) is 7.11 Å². The summed E-state index contributed by atoms with van der Waals surface area (Å²) in [7, 11) is -2.19. The molecule has 0 bridgehead atoms. The Labute approximate surface area is 210 Å². The van der Waals surface area contributed by atoms with Crippen molar-refractivity contribution in [2.24, 2.45) is 4.99 Å². The van der Waals surface area contributed by atoms with E-state index in [1.165, 1.54) is 4.31 Å². The van der Waals surface area contributed by atoms with Crippen LogP contribution in [0, 0.1) is 6.92 Å². The summed E-state index contributed by atoms with van der Waals surface area (Å²) < 4.78 is 39.5. The number of hydrogen-bond donors (Lipinski definition) is 0. The Morgan fingerprint density at radius 3 is 2.43 bits per heavy atom. The van der Waals surface area contributed by atoms with E-state index in [0.717, 1.165) is 11.1 Å². The van der Waals surface area contributed by atoms with Crippen LogP contribution in [-0.4, -0.2) is 26.0 Å². The molecule has 0 N–H and O–H groups in total. The molecule has 3 aromatic carbocycles. The summed E-state index contributed by atoms with van der Waals surface area (Å²) >= 11 is 6.01. The molecule has 0 radical (unpaired) electrons. The largest absolute Gasteiger partial charge is 0.497 e. The Morgan fingerprint density at radius 2 is 1.71 bits per heavy atom. The number of benzene rings is 3. The van der Waals surface area contributed by atoms with Gasteiger partial charge in [0.25, 0.3) is 0 Å². The minimum atomic E-state index is -3.79. The maximum absolute atomic E-state index is 13.5. The number of methoxy groups -OCH3 is 1. The molecule has 1 heterocycles. The minimum absolute atomic E-state index is 0.0613. The third kappa shape index (κ3) is 6.39. The van der Waals surface area contributed by atoms with E-state index >= 15 is 0 Å². The molecule has 35 heavy (non-hydrogen) atoms. The van der Waals surface area contributed by atoms with Crippen molar-refractivity contribution in [3.05, 3.63) is 113 Å². The zero-order valence-electron chi connectivity index (χ0n) is 19.4. The lowest BCUT2D eigenvalue weighted by Crippen LogP contribution is -2.30. The van der Waals surface area contributed by atoms with Gasteiger partial charge in [-0.25, -0.2) is 8.42 Å². The molecule has 0 atom stereocenters. The van der Waals surface area contributed by atoms with E-state index in [0.29, 0.717) is 28.0 Å². The highest BCUT2D eigenvalue weighted by Crippen LogP contribution is 2.24. The van der Waals surface area contributed by atoms with E-state index < -0.39 is 10.0 Å². The second kappa shape index (κ2) is 10.9. The van der Waals surface area contributed by atoms with Gasteiger partial charge in [0.15, 0.2) is 0 Å². The zero-order chi connectivity index (χ0) is 24.8. The van der Waals surface area contributed by atoms with Crippen molar-refractivity contribution in [3.63, 3.8) is 0 Å². The van der Waals surface area contributed by atoms with Gasteiger partial charge in [-0.05, 0) is 61.0 Å². The van der Waals surface area contributed by atoms with Gasteiger partial charge in [0.1, 0.15) is 17.3 Å². The number of halogens is 1. The van der Waals surface area contributed by atoms with E-state index in [1.54, 1.807) is 61.9 Å². The molecule has 0 saturated heterocycles. The second-order valence-corrected chi connectivity index (χ2v) is 10.4. The van der Waals surface area contributed by atoms with Crippen LogP contribution >= 0.6 is 11.6 Å². The van der Waals surface area contributed by atoms with Gasteiger partial charge >= 0.3 is 0 Å². The average Bonchev–Trinajstić information content (AvgIpc) is 3.31. The van der Waals surface area contributed by atoms with Gasteiger partial charge in [-0.15, -0.1) is 0 Å². The highest BCUT2D eigenvalue weighted by molar-refractivity contribution is 7.89. The normalized spacial score (nSPS) is 11.9. The molecule has 0 spiro atoms. The molecule has 0 amide bonds. The SMILES string of the molecule is COc1cccc(N=Cc2ccc(CN(Cc3ccc(Cl)cc3)S(=O)(=O)c3ccc(C)cc3)o2)c1. The fourth-order valence-corrected chi connectivity index (χ4v) is 4.95. The van der Waals surface area contributed by atoms with Crippen molar-refractivity contribution in [1.29, 1.82) is 0 Å². The Balaban J connectivity index is 1.58. The van der Waals surface area contributed by atoms with Crippen LogP contribution in [0.5, 0.6) is 5.75 Å². The highest BCUT2D eigenvalue weighted by atomic mass is 35.5. The van der Waals surface area contributed by atoms with Crippen molar-refractivity contribution >= 4 is 33.5 Å². The first-order valence-electron chi connectivity index (χ1n) is 10.9. The highest BCUT2D eigenvalue weighted by Gasteiger charge is 2.26. The standard InChI is InChI=1S/C27H25ClN2O4S/c1-20-6-14-27(15-7-20)35(31,32)30(18-21-8-10-22(28)11-9-21)19-26-13-12-25(34-26)17-29-23-4-3-5-24(16-23)33-2/h3-17H,18-19H2,1-2H3. The van der Waals surface area contributed by atoms with E-state index in [1.807, 2.05) is 43.3 Å². The Morgan fingerprint density at radius 1 is 0.971 bits per heavy atom. The summed E-state index contributed by atoms with van der Waals surface area (Å²) in [5.41, 5.74) is 2.52. The van der Waals surface area contributed by atoms with Crippen molar-refractivity contribution < 1.29 is 17.6 Å². The molecule has 0 saturated carbocycles. The van der Waals surface area contributed by atoms with E-state index in [-0.39, 0.29) is 18.0 Å². The second-order valence-electron chi connectivity index (χ2n) is 7.98. The monoisotopic (exact) mass is 508 g/mol. The van der Waals surface area contributed by atoms with Crippen molar-refractivity contribution in [3.8, 4) is 5.75 Å². The molecule has 1 aromatic heterocycles. The number of aryl methyl sites for hydroxylation is 1. The Kier molecular flexibility index (Phi) is 7.70. The summed E-state index contributed by atoms with van der Waals surface area (Å²) in [6.07, 6.45) is 1.59. The third-order valence-electron chi connectivity index (χ3n) is 5.34. The fourth-order valence-electron chi connectivity index (χ4n) is 3.43. The van der Waals surface area contributed by atoms with Crippen molar-refractivity contribution in [2.45, 2.75) is 24.9 Å². The summed E-state index contributed by atoms with van der Waals surface area (Å²) in [6.45, 7) is 2.15. The van der Waals surface area contributed by atoms with Gasteiger partial charge in [-0.1, -0.05) is 47.5 Å². The van der Waals surface area contributed by atoms with Crippen LogP contribution in [0.15, 0.2) is 99.2 Å². The lowest BCUT2D eigenvalue weighted by atomic mass is 10.2. The van der Waals surface area contributed by atoms with Gasteiger partial charge in [0.2, 0.25) is 10.0 Å². The van der Waals surface area contributed by atoms with E-state index in [2.05, 4.69) is 4.99 Å². The van der Waals surface area contributed by atoms with Gasteiger partial charge < -0.3 is 9.15 Å². The molecule has 0 aliphatic carbocycles. The maximum atomic E-state index is 13.5. The predicted octanol–water partition coefficient (Wildman–Crippen LogP) is 6.39. The third-order valence-corrected chi connectivity index (χ3v) is 7.40. The summed E-state index contributed by atoms with van der Waals surface area (Å²) in [5, 5.41) is 0.590. The molecule has 6 nitrogen and oxygen atoms in total. The molecular formula is C27H25ClN2O4S. The van der Waals surface area contributed by atoms with Crippen LogP contribution in [-0.2, 0) is 23.1 Å². The minimum Gasteiger partial charge on any atom is -0.497 e. The summed E-state index contributed by atoms with van der Waals surface area (Å²) in [4.78, 5) is 4.64. The number of ether oxygens (including phenoxy) is 1. The van der Waals surface area contributed by atoms with Crippen LogP contribution in [0.3, 0.4) is 0 Å². The molecule has 180 valence electrons. The van der Waals surface area contributed by atoms with Crippen LogP contribution in [0.25, 0.3) is 0 Å². The average molecular weight is 509 g/mol. The number of nitrogens with zero attached hydrogens (tertiary/aromatic N) is 2. The van der Waals surface area contributed by atoms with Crippen molar-refractivity contribution in [1.82, 2.24) is 4.31 Å². The first kappa shape index (κ1) is 24.7. The predicted molar refractivity (Wildman–Crippen MR) is 138 cm³/mol. The molecule has 4 aromatic rings. The van der Waals surface area contributed by atoms with Crippen LogP contribution in [0.4, 0.5) is 5.69 Å². The van der Waals surface area contributed by atoms with Gasteiger partial charge in [-0.3, -0.25) is 4.99 Å². The van der Waals surface area contributed by atoms with Gasteiger partial charge in [-0.2, -0.15) is 4.31 Å². The number of aliphatic imine (C=N–C) groups is 1. The maximum Gasteiger partial charge on any atom is 0.243 e. The lowest BCUT2D eigenvalue weighted by molar-refractivity contribution is 0.357. The lowest BCUT2D eigenvalue weighted by Gasteiger charge is -2.21. The zero-order valence-corrected chi connectivity index (χ0v) is 21.0. The Bertz CT molecular complexity index is 1410. The summed E-state index contributed by atoms with van der Waals surface area (Å²) in [6, 6.07) is 24.8. The van der Waals surface area contributed by atoms with E-state index in [4.69, 9.17) is 20.8 Å². The first-order valence-corrected chi connectivity index (χ1v) is 12.7. The van der Waals surface area contributed by atoms with Crippen LogP contribution in [0.1, 0.15) is 22.6 Å². The topological polar surface area (TPSA) is 72.1 Å². The Hall–Kier alpha value is -3.39. The smallest absolute Gasteiger partial charge is 0.243 e. The molecule has 0 aliphatic heterocycles.